The van der Waals surface area contributed by atoms with Crippen molar-refractivity contribution in [3.05, 3.63) is 24.0 Å². The summed E-state index contributed by atoms with van der Waals surface area (Å²) < 4.78 is 10.6. The van der Waals surface area contributed by atoms with Crippen LogP contribution in [0.2, 0.25) is 0 Å². The largest absolute Gasteiger partial charge is 0.464 e. The molecule has 32 heavy (non-hydrogen) atoms. The molecule has 0 aromatic rings. The summed E-state index contributed by atoms with van der Waals surface area (Å²) in [5.74, 6) is -0.539. The van der Waals surface area contributed by atoms with Crippen LogP contribution in [0.25, 0.3) is 0 Å². The zero-order chi connectivity index (χ0) is 24.4. The van der Waals surface area contributed by atoms with Crippen LogP contribution in [0.4, 0.5) is 0 Å². The molecule has 0 aromatic carbocycles. The number of ether oxygens (including phenoxy) is 2. The van der Waals surface area contributed by atoms with Gasteiger partial charge in [0.15, 0.2) is 0 Å². The summed E-state index contributed by atoms with van der Waals surface area (Å²) in [7, 11) is 0. The van der Waals surface area contributed by atoms with E-state index < -0.39 is 6.04 Å². The van der Waals surface area contributed by atoms with Crippen LogP contribution in [0, 0.1) is 10.8 Å². The zero-order valence-electron chi connectivity index (χ0n) is 21.4. The standard InChI is InChI=1S/C26H46N2O4/c1-9-13-19(5)27-23(24(30)32-12-4)26(8)17-21(16-25(6,7)18-26)28-20(14-10-2)15-22(29)31-11-3/h15,21,23,27-28H,5,9-14,16-18H2,1-4,6-8H3. The first-order valence-electron chi connectivity index (χ1n) is 12.2. The predicted molar refractivity (Wildman–Crippen MR) is 130 cm³/mol. The van der Waals surface area contributed by atoms with Gasteiger partial charge in [-0.3, -0.25) is 0 Å². The van der Waals surface area contributed by atoms with Gasteiger partial charge in [-0.05, 0) is 51.4 Å². The van der Waals surface area contributed by atoms with E-state index in [0.29, 0.717) is 13.2 Å². The van der Waals surface area contributed by atoms with Gasteiger partial charge < -0.3 is 20.1 Å². The molecule has 184 valence electrons. The quantitative estimate of drug-likeness (QED) is 0.295. The third-order valence-electron chi connectivity index (χ3n) is 6.00. The molecule has 0 saturated heterocycles. The van der Waals surface area contributed by atoms with Crippen molar-refractivity contribution < 1.29 is 19.1 Å². The number of nitrogens with one attached hydrogen (secondary N) is 2. The predicted octanol–water partition coefficient (Wildman–Crippen LogP) is 5.24. The van der Waals surface area contributed by atoms with Crippen LogP contribution in [-0.4, -0.2) is 37.2 Å². The Labute approximate surface area is 195 Å². The topological polar surface area (TPSA) is 76.7 Å². The molecule has 2 N–H and O–H groups in total. The first-order chi connectivity index (χ1) is 15.0. The van der Waals surface area contributed by atoms with Crippen molar-refractivity contribution in [3.8, 4) is 0 Å². The van der Waals surface area contributed by atoms with Crippen molar-refractivity contribution in [2.45, 2.75) is 105 Å². The highest BCUT2D eigenvalue weighted by Gasteiger charge is 2.49. The molecule has 6 nitrogen and oxygen atoms in total. The molecule has 1 aliphatic carbocycles. The van der Waals surface area contributed by atoms with Crippen molar-refractivity contribution >= 4 is 11.9 Å². The highest BCUT2D eigenvalue weighted by atomic mass is 16.5. The molecule has 3 unspecified atom stereocenters. The smallest absolute Gasteiger partial charge is 0.332 e. The number of hydrogen-bond acceptors (Lipinski definition) is 6. The van der Waals surface area contributed by atoms with Crippen LogP contribution in [-0.2, 0) is 19.1 Å². The molecule has 1 saturated carbocycles. The molecule has 0 aromatic heterocycles. The molecular weight excluding hydrogens is 404 g/mol. The van der Waals surface area contributed by atoms with Gasteiger partial charge in [0, 0.05) is 28.9 Å². The van der Waals surface area contributed by atoms with Gasteiger partial charge in [0.2, 0.25) is 0 Å². The maximum absolute atomic E-state index is 13.0. The van der Waals surface area contributed by atoms with Crippen LogP contribution in [0.1, 0.15) is 93.4 Å². The maximum Gasteiger partial charge on any atom is 0.332 e. The third-order valence-corrected chi connectivity index (χ3v) is 6.00. The molecule has 1 aliphatic rings. The van der Waals surface area contributed by atoms with Crippen molar-refractivity contribution in [1.29, 1.82) is 0 Å². The lowest BCUT2D eigenvalue weighted by Crippen LogP contribution is -2.56. The van der Waals surface area contributed by atoms with Gasteiger partial charge in [-0.25, -0.2) is 9.59 Å². The normalized spacial score (nSPS) is 23.7. The van der Waals surface area contributed by atoms with E-state index in [9.17, 15) is 9.59 Å². The van der Waals surface area contributed by atoms with E-state index >= 15 is 0 Å². The van der Waals surface area contributed by atoms with Gasteiger partial charge in [-0.1, -0.05) is 54.0 Å². The average molecular weight is 451 g/mol. The fourth-order valence-electron chi connectivity index (χ4n) is 5.23. The summed E-state index contributed by atoms with van der Waals surface area (Å²) in [5.41, 5.74) is 1.45. The summed E-state index contributed by atoms with van der Waals surface area (Å²) in [5, 5.41) is 7.03. The fraction of sp³-hybridized carbons (Fsp3) is 0.769. The summed E-state index contributed by atoms with van der Waals surface area (Å²) in [6.45, 7) is 19.3. The fourth-order valence-corrected chi connectivity index (χ4v) is 5.23. The van der Waals surface area contributed by atoms with Gasteiger partial charge in [0.25, 0.3) is 0 Å². The van der Waals surface area contributed by atoms with Gasteiger partial charge in [0.1, 0.15) is 6.04 Å². The first kappa shape index (κ1) is 28.1. The zero-order valence-corrected chi connectivity index (χ0v) is 21.4. The minimum Gasteiger partial charge on any atom is -0.464 e. The number of rotatable bonds is 13. The number of carbonyl (C=O) groups excluding carboxylic acids is 2. The molecule has 0 amide bonds. The molecule has 0 heterocycles. The molecule has 3 atom stereocenters. The Balaban J connectivity index is 3.19. The lowest BCUT2D eigenvalue weighted by Gasteiger charge is -2.50. The van der Waals surface area contributed by atoms with E-state index in [1.807, 2.05) is 13.8 Å². The summed E-state index contributed by atoms with van der Waals surface area (Å²) >= 11 is 0. The second-order valence-corrected chi connectivity index (χ2v) is 10.1. The van der Waals surface area contributed by atoms with E-state index in [2.05, 4.69) is 51.8 Å². The number of carbonyl (C=O) groups is 2. The summed E-state index contributed by atoms with van der Waals surface area (Å²) in [6, 6.07) is -0.330. The highest BCUT2D eigenvalue weighted by molar-refractivity contribution is 5.82. The van der Waals surface area contributed by atoms with Crippen molar-refractivity contribution in [2.75, 3.05) is 13.2 Å². The van der Waals surface area contributed by atoms with Crippen LogP contribution >= 0.6 is 0 Å². The van der Waals surface area contributed by atoms with Crippen molar-refractivity contribution in [2.24, 2.45) is 10.8 Å². The lowest BCUT2D eigenvalue weighted by molar-refractivity contribution is -0.151. The van der Waals surface area contributed by atoms with Gasteiger partial charge >= 0.3 is 11.9 Å². The van der Waals surface area contributed by atoms with Crippen LogP contribution < -0.4 is 10.6 Å². The minimum atomic E-state index is -0.464. The SMILES string of the molecule is C=C(CCC)NC(C(=O)OCC)C1(C)CC(NC(=CC(=O)OCC)CCC)CC(C)(C)C1. The molecule has 0 spiro atoms. The second-order valence-electron chi connectivity index (χ2n) is 10.1. The molecule has 6 heteroatoms. The Morgan fingerprint density at radius 1 is 1.03 bits per heavy atom. The Kier molecular flexibility index (Phi) is 11.3. The van der Waals surface area contributed by atoms with Gasteiger partial charge in [-0.15, -0.1) is 0 Å². The molecule has 0 bridgehead atoms. The van der Waals surface area contributed by atoms with E-state index in [1.165, 1.54) is 0 Å². The van der Waals surface area contributed by atoms with Gasteiger partial charge in [0.05, 0.1) is 13.2 Å². The molecule has 1 rings (SSSR count). The lowest BCUT2D eigenvalue weighted by atomic mass is 9.59. The first-order valence-corrected chi connectivity index (χ1v) is 12.2. The third kappa shape index (κ3) is 8.87. The number of allylic oxidation sites excluding steroid dienone is 2. The molecular formula is C26H46N2O4. The Hall–Kier alpha value is -1.98. The molecule has 0 aliphatic heterocycles. The Morgan fingerprint density at radius 2 is 1.66 bits per heavy atom. The van der Waals surface area contributed by atoms with Crippen LogP contribution in [0.5, 0.6) is 0 Å². The average Bonchev–Trinajstić information content (AvgIpc) is 2.65. The Bertz CT molecular complexity index is 671. The van der Waals surface area contributed by atoms with E-state index in [1.54, 1.807) is 6.08 Å². The molecule has 0 radical (unpaired) electrons. The van der Waals surface area contributed by atoms with Crippen molar-refractivity contribution in [1.82, 2.24) is 10.6 Å². The van der Waals surface area contributed by atoms with E-state index in [-0.39, 0.29) is 28.8 Å². The van der Waals surface area contributed by atoms with Crippen LogP contribution in [0.15, 0.2) is 24.0 Å². The van der Waals surface area contributed by atoms with Gasteiger partial charge in [-0.2, -0.15) is 0 Å². The molecule has 1 fully saturated rings. The van der Waals surface area contributed by atoms with Crippen molar-refractivity contribution in [3.63, 3.8) is 0 Å². The minimum absolute atomic E-state index is 0.0183. The number of hydrogen-bond donors (Lipinski definition) is 2. The monoisotopic (exact) mass is 450 g/mol. The maximum atomic E-state index is 13.0. The highest BCUT2D eigenvalue weighted by Crippen LogP contribution is 2.48. The second kappa shape index (κ2) is 12.9. The van der Waals surface area contributed by atoms with Crippen LogP contribution in [0.3, 0.4) is 0 Å². The Morgan fingerprint density at radius 3 is 2.22 bits per heavy atom. The van der Waals surface area contributed by atoms with E-state index in [0.717, 1.165) is 56.3 Å². The summed E-state index contributed by atoms with van der Waals surface area (Å²) in [6.07, 6.45) is 7.70. The summed E-state index contributed by atoms with van der Waals surface area (Å²) in [4.78, 5) is 25.1. The van der Waals surface area contributed by atoms with E-state index in [4.69, 9.17) is 9.47 Å². The number of esters is 2.